The SMILES string of the molecule is O=C(O)c1cc(Nc2ncc3c(n2)C2C=CC(Cl)=CC2C(c2c(F)cccc2F)=NC3)ccc1Cl. The van der Waals surface area contributed by atoms with Crippen LogP contribution in [0.2, 0.25) is 5.02 Å². The highest BCUT2D eigenvalue weighted by Gasteiger charge is 2.35. The summed E-state index contributed by atoms with van der Waals surface area (Å²) in [5.41, 5.74) is 1.73. The highest BCUT2D eigenvalue weighted by Crippen LogP contribution is 2.39. The van der Waals surface area contributed by atoms with Crippen LogP contribution in [-0.2, 0) is 6.54 Å². The summed E-state index contributed by atoms with van der Waals surface area (Å²) in [5, 5.41) is 12.8. The number of benzene rings is 2. The largest absolute Gasteiger partial charge is 0.478 e. The van der Waals surface area contributed by atoms with E-state index in [9.17, 15) is 18.7 Å². The highest BCUT2D eigenvalue weighted by molar-refractivity contribution is 6.33. The molecule has 0 amide bonds. The molecule has 35 heavy (non-hydrogen) atoms. The summed E-state index contributed by atoms with van der Waals surface area (Å²) < 4.78 is 29.4. The standard InChI is InChI=1S/C25H16Cl2F2N4O2/c26-13-4-6-15-16(8-13)23(21-19(28)2-1-3-20(21)29)30-10-12-11-31-25(33-22(12)15)32-14-5-7-18(27)17(9-14)24(34)35/h1-9,11,15-16H,10H2,(H,34,35)(H,31,32,33). The summed E-state index contributed by atoms with van der Waals surface area (Å²) >= 11 is 12.2. The number of carboxylic acids is 1. The van der Waals surface area contributed by atoms with Gasteiger partial charge in [0.05, 0.1) is 34.1 Å². The van der Waals surface area contributed by atoms with E-state index in [1.165, 1.54) is 30.3 Å². The van der Waals surface area contributed by atoms with E-state index in [-0.39, 0.29) is 34.4 Å². The number of rotatable bonds is 4. The molecule has 2 N–H and O–H groups in total. The molecule has 0 saturated heterocycles. The van der Waals surface area contributed by atoms with Crippen molar-refractivity contribution in [1.82, 2.24) is 9.97 Å². The first kappa shape index (κ1) is 23.1. The number of aromatic carboxylic acids is 1. The predicted octanol–water partition coefficient (Wildman–Crippen LogP) is 6.25. The molecule has 1 aliphatic heterocycles. The van der Waals surface area contributed by atoms with Crippen LogP contribution in [-0.4, -0.2) is 26.8 Å². The normalized spacial score (nSPS) is 18.6. The lowest BCUT2D eigenvalue weighted by molar-refractivity contribution is 0.0697. The number of allylic oxidation sites excluding steroid dienone is 4. The lowest BCUT2D eigenvalue weighted by Gasteiger charge is -2.26. The van der Waals surface area contributed by atoms with Crippen LogP contribution in [0.25, 0.3) is 0 Å². The Morgan fingerprint density at radius 3 is 2.63 bits per heavy atom. The van der Waals surface area contributed by atoms with Crippen LogP contribution in [0.3, 0.4) is 0 Å². The van der Waals surface area contributed by atoms with Crippen LogP contribution in [0, 0.1) is 17.6 Å². The van der Waals surface area contributed by atoms with Crippen LogP contribution in [0.5, 0.6) is 0 Å². The maximum Gasteiger partial charge on any atom is 0.337 e. The second kappa shape index (κ2) is 9.20. The van der Waals surface area contributed by atoms with E-state index in [1.807, 2.05) is 6.08 Å². The molecule has 2 unspecified atom stereocenters. The molecule has 1 aromatic heterocycles. The van der Waals surface area contributed by atoms with Gasteiger partial charge >= 0.3 is 5.97 Å². The molecule has 10 heteroatoms. The van der Waals surface area contributed by atoms with Crippen LogP contribution in [0.15, 0.2) is 70.8 Å². The maximum atomic E-state index is 14.7. The van der Waals surface area contributed by atoms with Crippen molar-refractivity contribution in [2.45, 2.75) is 12.5 Å². The fourth-order valence-corrected chi connectivity index (χ4v) is 4.61. The molecule has 0 fully saturated rings. The summed E-state index contributed by atoms with van der Waals surface area (Å²) in [6, 6.07) is 8.14. The van der Waals surface area contributed by atoms with E-state index in [4.69, 9.17) is 23.2 Å². The van der Waals surface area contributed by atoms with Gasteiger partial charge in [0.15, 0.2) is 0 Å². The first-order valence-corrected chi connectivity index (χ1v) is 11.3. The molecule has 5 rings (SSSR count). The molecule has 2 atom stereocenters. The zero-order chi connectivity index (χ0) is 24.7. The van der Waals surface area contributed by atoms with E-state index in [2.05, 4.69) is 20.3 Å². The van der Waals surface area contributed by atoms with Crippen molar-refractivity contribution in [2.75, 3.05) is 5.32 Å². The Kier molecular flexibility index (Phi) is 6.08. The van der Waals surface area contributed by atoms with Gasteiger partial charge in [-0.2, -0.15) is 0 Å². The summed E-state index contributed by atoms with van der Waals surface area (Å²) in [4.78, 5) is 24.9. The average Bonchev–Trinajstić information content (AvgIpc) is 2.97. The van der Waals surface area contributed by atoms with Gasteiger partial charge in [-0.25, -0.2) is 23.5 Å². The van der Waals surface area contributed by atoms with Gasteiger partial charge in [0.25, 0.3) is 0 Å². The van der Waals surface area contributed by atoms with Crippen molar-refractivity contribution in [1.29, 1.82) is 0 Å². The lowest BCUT2D eigenvalue weighted by atomic mass is 9.79. The summed E-state index contributed by atoms with van der Waals surface area (Å²) in [6.07, 6.45) is 6.83. The first-order valence-electron chi connectivity index (χ1n) is 10.5. The van der Waals surface area contributed by atoms with E-state index < -0.39 is 29.4 Å². The molecule has 176 valence electrons. The molecular weight excluding hydrogens is 497 g/mol. The molecule has 2 aromatic carbocycles. The average molecular weight is 513 g/mol. The third-order valence-electron chi connectivity index (χ3n) is 5.81. The topological polar surface area (TPSA) is 87.5 Å². The fraction of sp³-hybridized carbons (Fsp3) is 0.120. The number of aliphatic imine (C=N–C) groups is 1. The Balaban J connectivity index is 1.55. The van der Waals surface area contributed by atoms with Gasteiger partial charge in [0.2, 0.25) is 5.95 Å². The summed E-state index contributed by atoms with van der Waals surface area (Å²) in [6.45, 7) is 0.120. The van der Waals surface area contributed by atoms with Crippen molar-refractivity contribution in [3.8, 4) is 0 Å². The predicted molar refractivity (Wildman–Crippen MR) is 130 cm³/mol. The zero-order valence-electron chi connectivity index (χ0n) is 17.8. The summed E-state index contributed by atoms with van der Waals surface area (Å²) in [5.74, 6) is -3.33. The van der Waals surface area contributed by atoms with Crippen LogP contribution < -0.4 is 5.32 Å². The van der Waals surface area contributed by atoms with Gasteiger partial charge in [0.1, 0.15) is 11.6 Å². The third-order valence-corrected chi connectivity index (χ3v) is 6.39. The Labute approximate surface area is 208 Å². The minimum Gasteiger partial charge on any atom is -0.478 e. The molecule has 3 aromatic rings. The van der Waals surface area contributed by atoms with Gasteiger partial charge in [-0.1, -0.05) is 41.4 Å². The quantitative estimate of drug-likeness (QED) is 0.431. The van der Waals surface area contributed by atoms with Crippen molar-refractivity contribution in [3.05, 3.63) is 105 Å². The Bertz CT molecular complexity index is 1440. The van der Waals surface area contributed by atoms with E-state index >= 15 is 0 Å². The molecule has 1 aliphatic carbocycles. The maximum absolute atomic E-state index is 14.7. The van der Waals surface area contributed by atoms with Crippen LogP contribution in [0.4, 0.5) is 20.4 Å². The zero-order valence-corrected chi connectivity index (χ0v) is 19.4. The Morgan fingerprint density at radius 1 is 1.11 bits per heavy atom. The highest BCUT2D eigenvalue weighted by atomic mass is 35.5. The minimum atomic E-state index is -1.16. The Morgan fingerprint density at radius 2 is 1.89 bits per heavy atom. The van der Waals surface area contributed by atoms with Crippen LogP contribution >= 0.6 is 23.2 Å². The van der Waals surface area contributed by atoms with Crippen molar-refractivity contribution < 1.29 is 18.7 Å². The van der Waals surface area contributed by atoms with Crippen molar-refractivity contribution >= 4 is 46.5 Å². The second-order valence-corrected chi connectivity index (χ2v) is 8.83. The van der Waals surface area contributed by atoms with Gasteiger partial charge in [-0.05, 0) is 36.4 Å². The van der Waals surface area contributed by atoms with E-state index in [0.29, 0.717) is 22.0 Å². The van der Waals surface area contributed by atoms with Gasteiger partial charge in [-0.3, -0.25) is 4.99 Å². The van der Waals surface area contributed by atoms with Crippen LogP contribution in [0.1, 0.15) is 33.1 Å². The Hall–Kier alpha value is -3.62. The van der Waals surface area contributed by atoms with E-state index in [1.54, 1.807) is 24.4 Å². The molecule has 2 heterocycles. The summed E-state index contributed by atoms with van der Waals surface area (Å²) in [7, 11) is 0. The molecule has 0 bridgehead atoms. The number of hydrogen-bond donors (Lipinski definition) is 2. The fourth-order valence-electron chi connectivity index (χ4n) is 4.21. The number of carbonyl (C=O) groups is 1. The minimum absolute atomic E-state index is 0.0635. The number of hydrogen-bond acceptors (Lipinski definition) is 5. The molecule has 2 aliphatic rings. The number of fused-ring (bicyclic) bond motifs is 3. The first-order chi connectivity index (χ1) is 16.8. The molecule has 0 spiro atoms. The number of aromatic nitrogens is 2. The van der Waals surface area contributed by atoms with Gasteiger partial charge < -0.3 is 10.4 Å². The number of nitrogens with zero attached hydrogens (tertiary/aromatic N) is 3. The van der Waals surface area contributed by atoms with Crippen molar-refractivity contribution in [3.63, 3.8) is 0 Å². The molecule has 0 radical (unpaired) electrons. The third kappa shape index (κ3) is 4.42. The van der Waals surface area contributed by atoms with E-state index in [0.717, 1.165) is 0 Å². The van der Waals surface area contributed by atoms with Gasteiger partial charge in [-0.15, -0.1) is 0 Å². The molecular formula is C25H16Cl2F2N4O2. The lowest BCUT2D eigenvalue weighted by Crippen LogP contribution is -2.24. The number of anilines is 2. The smallest absolute Gasteiger partial charge is 0.337 e. The number of halogens is 4. The monoisotopic (exact) mass is 512 g/mol. The molecule has 6 nitrogen and oxygen atoms in total. The van der Waals surface area contributed by atoms with Crippen molar-refractivity contribution in [2.24, 2.45) is 10.9 Å². The van der Waals surface area contributed by atoms with Gasteiger partial charge in [0, 0.05) is 34.3 Å². The number of nitrogens with one attached hydrogen (secondary N) is 1. The molecule has 0 saturated carbocycles. The second-order valence-electron chi connectivity index (χ2n) is 7.99. The number of carboxylic acid groups (broad SMARTS) is 1.